The first-order valence-corrected chi connectivity index (χ1v) is 10.4. The van der Waals surface area contributed by atoms with Crippen molar-refractivity contribution >= 4 is 28.4 Å². The van der Waals surface area contributed by atoms with E-state index in [9.17, 15) is 13.2 Å². The van der Waals surface area contributed by atoms with Gasteiger partial charge >= 0.3 is 5.97 Å². The molecule has 0 radical (unpaired) electrons. The molecule has 150 valence electrons. The van der Waals surface area contributed by atoms with Gasteiger partial charge in [-0.05, 0) is 47.2 Å². The van der Waals surface area contributed by atoms with Crippen LogP contribution in [-0.2, 0) is 44.6 Å². The maximum Gasteiger partial charge on any atom is 0.316 e. The van der Waals surface area contributed by atoms with Crippen molar-refractivity contribution in [2.45, 2.75) is 42.8 Å². The lowest BCUT2D eigenvalue weighted by molar-refractivity contribution is -0.143. The first kappa shape index (κ1) is 20.8. The number of benzene rings is 2. The zero-order chi connectivity index (χ0) is 19.1. The van der Waals surface area contributed by atoms with Crippen LogP contribution in [0.5, 0.6) is 0 Å². The maximum absolute atomic E-state index is 12.6. The second-order valence-electron chi connectivity index (χ2n) is 7.13. The lowest BCUT2D eigenvalue weighted by Gasteiger charge is -2.14. The summed E-state index contributed by atoms with van der Waals surface area (Å²) >= 11 is 0. The van der Waals surface area contributed by atoms with Crippen LogP contribution < -0.4 is 10.0 Å². The fraction of sp³-hybridized carbons (Fsp3) is 0.350. The summed E-state index contributed by atoms with van der Waals surface area (Å²) in [5, 5.41) is 3.28. The zero-order valence-corrected chi connectivity index (χ0v) is 17.2. The fourth-order valence-corrected chi connectivity index (χ4v) is 4.62. The number of halogens is 1. The van der Waals surface area contributed by atoms with E-state index in [0.717, 1.165) is 37.1 Å². The van der Waals surface area contributed by atoms with Gasteiger partial charge < -0.3 is 10.1 Å². The highest BCUT2D eigenvalue weighted by molar-refractivity contribution is 7.89. The summed E-state index contributed by atoms with van der Waals surface area (Å²) in [4.78, 5) is 12.2. The van der Waals surface area contributed by atoms with Gasteiger partial charge in [-0.1, -0.05) is 30.3 Å². The van der Waals surface area contributed by atoms with Crippen LogP contribution in [-0.4, -0.2) is 21.5 Å². The van der Waals surface area contributed by atoms with Gasteiger partial charge in [0.2, 0.25) is 10.0 Å². The molecule has 1 saturated carbocycles. The van der Waals surface area contributed by atoms with Crippen LogP contribution in [0.25, 0.3) is 0 Å². The molecule has 2 aromatic carbocycles. The van der Waals surface area contributed by atoms with Crippen LogP contribution in [0, 0.1) is 0 Å². The number of hydrogen-bond donors (Lipinski definition) is 2. The van der Waals surface area contributed by atoms with Crippen LogP contribution >= 0.6 is 12.4 Å². The Morgan fingerprint density at radius 3 is 2.43 bits per heavy atom. The molecule has 0 amide bonds. The minimum absolute atomic E-state index is 0. The quantitative estimate of drug-likeness (QED) is 0.698. The number of sulfonamides is 1. The van der Waals surface area contributed by atoms with E-state index in [-0.39, 0.29) is 29.8 Å². The largest absolute Gasteiger partial charge is 0.468 e. The fourth-order valence-electron chi connectivity index (χ4n) is 3.60. The minimum Gasteiger partial charge on any atom is -0.468 e. The SMILES string of the molecule is COC(=O)C1(c2ccc(S(=O)(=O)NCc3ccc4c(c3)CNC4)cc2)CC1.Cl. The molecule has 1 fully saturated rings. The third kappa shape index (κ3) is 3.80. The van der Waals surface area contributed by atoms with E-state index in [0.29, 0.717) is 0 Å². The van der Waals surface area contributed by atoms with Crippen LogP contribution in [0.3, 0.4) is 0 Å². The van der Waals surface area contributed by atoms with Crippen molar-refractivity contribution in [3.8, 4) is 0 Å². The zero-order valence-electron chi connectivity index (χ0n) is 15.5. The van der Waals surface area contributed by atoms with E-state index in [1.807, 2.05) is 18.2 Å². The molecule has 4 rings (SSSR count). The predicted molar refractivity (Wildman–Crippen MR) is 108 cm³/mol. The van der Waals surface area contributed by atoms with Gasteiger partial charge in [-0.3, -0.25) is 4.79 Å². The Bertz CT molecular complexity index is 986. The number of ether oxygens (including phenoxy) is 1. The van der Waals surface area contributed by atoms with E-state index in [2.05, 4.69) is 10.0 Å². The van der Waals surface area contributed by atoms with E-state index >= 15 is 0 Å². The first-order chi connectivity index (χ1) is 12.9. The minimum atomic E-state index is -3.62. The van der Waals surface area contributed by atoms with Crippen molar-refractivity contribution < 1.29 is 17.9 Å². The number of rotatable bonds is 6. The van der Waals surface area contributed by atoms with E-state index in [1.165, 1.54) is 18.2 Å². The molecule has 0 bridgehead atoms. The first-order valence-electron chi connectivity index (χ1n) is 8.95. The average Bonchev–Trinajstić information content (AvgIpc) is 3.37. The van der Waals surface area contributed by atoms with Crippen LogP contribution in [0.4, 0.5) is 0 Å². The Kier molecular flexibility index (Phi) is 5.82. The van der Waals surface area contributed by atoms with Crippen molar-refractivity contribution in [2.75, 3.05) is 7.11 Å². The standard InChI is InChI=1S/C20H22N2O4S.ClH/c1-26-19(23)20(8-9-20)17-4-6-18(7-5-17)27(24,25)22-11-14-2-3-15-12-21-13-16(15)10-14;/h2-7,10,21-22H,8-9,11-13H2,1H3;1H. The summed E-state index contributed by atoms with van der Waals surface area (Å²) in [6.07, 6.45) is 1.47. The molecule has 0 unspecified atom stereocenters. The van der Waals surface area contributed by atoms with Gasteiger partial charge in [-0.25, -0.2) is 13.1 Å². The van der Waals surface area contributed by atoms with Crippen LogP contribution in [0.1, 0.15) is 35.1 Å². The number of carbonyl (C=O) groups excluding carboxylic acids is 1. The molecular formula is C20H23ClN2O4S. The van der Waals surface area contributed by atoms with Crippen molar-refractivity contribution in [1.29, 1.82) is 0 Å². The van der Waals surface area contributed by atoms with Crippen LogP contribution in [0.15, 0.2) is 47.4 Å². The third-order valence-corrected chi connectivity index (χ3v) is 6.83. The maximum atomic E-state index is 12.6. The number of esters is 1. The highest BCUT2D eigenvalue weighted by atomic mass is 35.5. The summed E-state index contributed by atoms with van der Waals surface area (Å²) < 4.78 is 32.7. The average molecular weight is 423 g/mol. The topological polar surface area (TPSA) is 84.5 Å². The predicted octanol–water partition coefficient (Wildman–Crippen LogP) is 2.39. The van der Waals surface area contributed by atoms with Crippen molar-refractivity contribution in [2.24, 2.45) is 0 Å². The second kappa shape index (κ2) is 7.83. The lowest BCUT2D eigenvalue weighted by atomic mass is 9.96. The molecule has 0 atom stereocenters. The Morgan fingerprint density at radius 2 is 1.79 bits per heavy atom. The number of fused-ring (bicyclic) bond motifs is 1. The molecule has 0 saturated heterocycles. The molecule has 2 aromatic rings. The number of carbonyl (C=O) groups is 1. The number of methoxy groups -OCH3 is 1. The smallest absolute Gasteiger partial charge is 0.316 e. The molecular weight excluding hydrogens is 400 g/mol. The van der Waals surface area contributed by atoms with E-state index < -0.39 is 15.4 Å². The summed E-state index contributed by atoms with van der Waals surface area (Å²) in [5.74, 6) is -0.262. The van der Waals surface area contributed by atoms with Gasteiger partial charge in [-0.2, -0.15) is 0 Å². The van der Waals surface area contributed by atoms with Crippen molar-refractivity contribution in [3.05, 3.63) is 64.7 Å². The highest BCUT2D eigenvalue weighted by Crippen LogP contribution is 2.49. The highest BCUT2D eigenvalue weighted by Gasteiger charge is 2.52. The molecule has 2 aliphatic rings. The summed E-state index contributed by atoms with van der Waals surface area (Å²) in [7, 11) is -2.25. The van der Waals surface area contributed by atoms with Gasteiger partial charge in [0.25, 0.3) is 0 Å². The molecule has 6 nitrogen and oxygen atoms in total. The molecule has 1 aliphatic carbocycles. The van der Waals surface area contributed by atoms with Gasteiger partial charge in [0.15, 0.2) is 0 Å². The molecule has 0 spiro atoms. The number of hydrogen-bond acceptors (Lipinski definition) is 5. The Morgan fingerprint density at radius 1 is 1.11 bits per heavy atom. The molecule has 2 N–H and O–H groups in total. The lowest BCUT2D eigenvalue weighted by Crippen LogP contribution is -2.24. The monoisotopic (exact) mass is 422 g/mol. The molecule has 1 aliphatic heterocycles. The van der Waals surface area contributed by atoms with Gasteiger partial charge in [0, 0.05) is 19.6 Å². The molecule has 28 heavy (non-hydrogen) atoms. The van der Waals surface area contributed by atoms with Crippen molar-refractivity contribution in [3.63, 3.8) is 0 Å². The normalized spacial score (nSPS) is 16.8. The van der Waals surface area contributed by atoms with Crippen LogP contribution in [0.2, 0.25) is 0 Å². The molecule has 8 heteroatoms. The second-order valence-corrected chi connectivity index (χ2v) is 8.90. The van der Waals surface area contributed by atoms with E-state index in [1.54, 1.807) is 24.3 Å². The summed E-state index contributed by atoms with van der Waals surface area (Å²) in [5.41, 5.74) is 3.62. The third-order valence-electron chi connectivity index (χ3n) is 5.41. The van der Waals surface area contributed by atoms with Crippen molar-refractivity contribution in [1.82, 2.24) is 10.0 Å². The van der Waals surface area contributed by atoms with E-state index in [4.69, 9.17) is 4.74 Å². The Hall–Kier alpha value is -1.93. The number of nitrogens with one attached hydrogen (secondary N) is 2. The van der Waals surface area contributed by atoms with Gasteiger partial charge in [-0.15, -0.1) is 12.4 Å². The Balaban J connectivity index is 0.00000225. The van der Waals surface area contributed by atoms with Gasteiger partial charge in [0.1, 0.15) is 0 Å². The summed E-state index contributed by atoms with van der Waals surface area (Å²) in [6, 6.07) is 12.5. The van der Waals surface area contributed by atoms with Gasteiger partial charge in [0.05, 0.1) is 17.4 Å². The molecule has 1 heterocycles. The Labute approximate surface area is 171 Å². The summed E-state index contributed by atoms with van der Waals surface area (Å²) in [6.45, 7) is 1.92. The molecule has 0 aromatic heterocycles.